The number of rotatable bonds is 7. The molecule has 1 atom stereocenters. The Labute approximate surface area is 183 Å². The maximum atomic E-state index is 11.5. The SMILES string of the molecule is O=C1CCc2cc(OCC(O)CN3CCN(c4ccc(C5CC5)cc4)CC3)ccc2N1. The minimum atomic E-state index is -0.528. The summed E-state index contributed by atoms with van der Waals surface area (Å²) in [5, 5.41) is 13.3. The van der Waals surface area contributed by atoms with Crippen molar-refractivity contribution in [2.24, 2.45) is 0 Å². The maximum Gasteiger partial charge on any atom is 0.224 e. The van der Waals surface area contributed by atoms with Crippen LogP contribution in [0.3, 0.4) is 0 Å². The van der Waals surface area contributed by atoms with Crippen molar-refractivity contribution in [3.8, 4) is 5.75 Å². The van der Waals surface area contributed by atoms with Crippen LogP contribution in [0.2, 0.25) is 0 Å². The number of amides is 1. The van der Waals surface area contributed by atoms with E-state index >= 15 is 0 Å². The van der Waals surface area contributed by atoms with Gasteiger partial charge in [0.2, 0.25) is 5.91 Å². The number of aliphatic hydroxyl groups is 1. The lowest BCUT2D eigenvalue weighted by Gasteiger charge is -2.37. The van der Waals surface area contributed by atoms with Gasteiger partial charge in [-0.25, -0.2) is 0 Å². The summed E-state index contributed by atoms with van der Waals surface area (Å²) in [7, 11) is 0. The first-order valence-electron chi connectivity index (χ1n) is 11.4. The fourth-order valence-electron chi connectivity index (χ4n) is 4.56. The molecular formula is C25H31N3O3. The van der Waals surface area contributed by atoms with Gasteiger partial charge in [0.1, 0.15) is 18.5 Å². The van der Waals surface area contributed by atoms with Gasteiger partial charge in [-0.15, -0.1) is 0 Å². The number of anilines is 2. The molecule has 2 aliphatic heterocycles. The van der Waals surface area contributed by atoms with E-state index in [0.29, 0.717) is 13.0 Å². The summed E-state index contributed by atoms with van der Waals surface area (Å²) in [5.41, 5.74) is 4.74. The van der Waals surface area contributed by atoms with E-state index in [0.717, 1.165) is 55.5 Å². The second-order valence-electron chi connectivity index (χ2n) is 8.99. The van der Waals surface area contributed by atoms with Crippen LogP contribution in [-0.2, 0) is 11.2 Å². The topological polar surface area (TPSA) is 65.0 Å². The van der Waals surface area contributed by atoms with Gasteiger partial charge >= 0.3 is 0 Å². The zero-order valence-corrected chi connectivity index (χ0v) is 17.9. The van der Waals surface area contributed by atoms with Gasteiger partial charge in [0.15, 0.2) is 0 Å². The second-order valence-corrected chi connectivity index (χ2v) is 8.99. The molecule has 2 heterocycles. The summed E-state index contributed by atoms with van der Waals surface area (Å²) in [6.07, 6.45) is 3.40. The number of nitrogens with zero attached hydrogens (tertiary/aromatic N) is 2. The molecule has 6 nitrogen and oxygen atoms in total. The van der Waals surface area contributed by atoms with Gasteiger partial charge in [-0.2, -0.15) is 0 Å². The molecule has 1 saturated carbocycles. The zero-order valence-electron chi connectivity index (χ0n) is 17.9. The van der Waals surface area contributed by atoms with Crippen LogP contribution >= 0.6 is 0 Å². The molecule has 0 spiro atoms. The lowest BCUT2D eigenvalue weighted by molar-refractivity contribution is -0.116. The molecule has 1 amide bonds. The molecule has 2 N–H and O–H groups in total. The lowest BCUT2D eigenvalue weighted by Crippen LogP contribution is -2.49. The number of fused-ring (bicyclic) bond motifs is 1. The Morgan fingerprint density at radius 2 is 1.81 bits per heavy atom. The van der Waals surface area contributed by atoms with Crippen LogP contribution in [-0.4, -0.2) is 61.3 Å². The highest BCUT2D eigenvalue weighted by atomic mass is 16.5. The molecule has 0 bridgehead atoms. The number of hydrogen-bond donors (Lipinski definition) is 2. The second kappa shape index (κ2) is 8.89. The average molecular weight is 422 g/mol. The predicted octanol–water partition coefficient (Wildman–Crippen LogP) is 3.01. The molecule has 1 aliphatic carbocycles. The van der Waals surface area contributed by atoms with E-state index < -0.39 is 6.10 Å². The van der Waals surface area contributed by atoms with E-state index in [1.807, 2.05) is 18.2 Å². The molecule has 2 aromatic carbocycles. The van der Waals surface area contributed by atoms with E-state index in [9.17, 15) is 9.90 Å². The molecule has 0 radical (unpaired) electrons. The first-order valence-corrected chi connectivity index (χ1v) is 11.4. The Bertz CT molecular complexity index is 918. The Morgan fingerprint density at radius 3 is 2.55 bits per heavy atom. The number of ether oxygens (including phenoxy) is 1. The quantitative estimate of drug-likeness (QED) is 0.720. The Morgan fingerprint density at radius 1 is 1.03 bits per heavy atom. The Hall–Kier alpha value is -2.57. The van der Waals surface area contributed by atoms with Crippen LogP contribution in [0, 0.1) is 0 Å². The number of hydrogen-bond acceptors (Lipinski definition) is 5. The largest absolute Gasteiger partial charge is 0.491 e. The van der Waals surface area contributed by atoms with E-state index in [1.54, 1.807) is 0 Å². The van der Waals surface area contributed by atoms with E-state index in [1.165, 1.54) is 24.1 Å². The number of aliphatic hydroxyl groups excluding tert-OH is 1. The van der Waals surface area contributed by atoms with Crippen LogP contribution in [0.4, 0.5) is 11.4 Å². The molecule has 5 rings (SSSR count). The molecule has 1 unspecified atom stereocenters. The highest BCUT2D eigenvalue weighted by Crippen LogP contribution is 2.40. The molecule has 2 fully saturated rings. The molecule has 3 aliphatic rings. The highest BCUT2D eigenvalue weighted by molar-refractivity contribution is 5.94. The number of benzene rings is 2. The molecule has 6 heteroatoms. The van der Waals surface area contributed by atoms with Crippen LogP contribution in [0.5, 0.6) is 5.75 Å². The van der Waals surface area contributed by atoms with Crippen molar-refractivity contribution in [2.45, 2.75) is 37.7 Å². The van der Waals surface area contributed by atoms with Crippen LogP contribution < -0.4 is 15.0 Å². The third kappa shape index (κ3) is 5.02. The summed E-state index contributed by atoms with van der Waals surface area (Å²) >= 11 is 0. The molecular weight excluding hydrogens is 390 g/mol. The lowest BCUT2D eigenvalue weighted by atomic mass is 10.0. The van der Waals surface area contributed by atoms with Gasteiger partial charge < -0.3 is 20.1 Å². The third-order valence-electron chi connectivity index (χ3n) is 6.56. The summed E-state index contributed by atoms with van der Waals surface area (Å²) < 4.78 is 5.83. The number of carbonyl (C=O) groups is 1. The van der Waals surface area contributed by atoms with Crippen molar-refractivity contribution in [1.29, 1.82) is 0 Å². The van der Waals surface area contributed by atoms with E-state index in [4.69, 9.17) is 4.74 Å². The van der Waals surface area contributed by atoms with Gasteiger partial charge in [0.25, 0.3) is 0 Å². The molecule has 0 aromatic heterocycles. The number of piperazine rings is 1. The van der Waals surface area contributed by atoms with Gasteiger partial charge in [0.05, 0.1) is 0 Å². The fraction of sp³-hybridized carbons (Fsp3) is 0.480. The minimum Gasteiger partial charge on any atom is -0.491 e. The Balaban J connectivity index is 1.06. The van der Waals surface area contributed by atoms with E-state index in [2.05, 4.69) is 39.4 Å². The van der Waals surface area contributed by atoms with Crippen molar-refractivity contribution in [3.05, 3.63) is 53.6 Å². The monoisotopic (exact) mass is 421 g/mol. The van der Waals surface area contributed by atoms with Crippen molar-refractivity contribution < 1.29 is 14.6 Å². The first-order chi connectivity index (χ1) is 15.1. The average Bonchev–Trinajstić information content (AvgIpc) is 3.64. The number of aryl methyl sites for hydroxylation is 1. The van der Waals surface area contributed by atoms with Gasteiger partial charge in [-0.05, 0) is 66.6 Å². The number of β-amino-alcohol motifs (C(OH)–C–C–N with tert-alkyl or cyclic N) is 1. The van der Waals surface area contributed by atoms with Crippen molar-refractivity contribution in [1.82, 2.24) is 4.90 Å². The highest BCUT2D eigenvalue weighted by Gasteiger charge is 2.24. The standard InChI is InChI=1S/C25H31N3O3/c29-22(17-31-23-8-9-24-20(15-23)5-10-25(30)26-24)16-27-11-13-28(14-12-27)21-6-3-19(4-7-21)18-1-2-18/h3-4,6-9,15,18,22,29H,1-2,5,10-14,16-17H2,(H,26,30). The molecule has 1 saturated heterocycles. The maximum absolute atomic E-state index is 11.5. The Kier molecular flexibility index (Phi) is 5.83. The van der Waals surface area contributed by atoms with Gasteiger partial charge in [0, 0.05) is 50.5 Å². The third-order valence-corrected chi connectivity index (χ3v) is 6.56. The minimum absolute atomic E-state index is 0.0620. The number of nitrogens with one attached hydrogen (secondary N) is 1. The summed E-state index contributed by atoms with van der Waals surface area (Å²) in [5.74, 6) is 1.61. The van der Waals surface area contributed by atoms with Crippen LogP contribution in [0.15, 0.2) is 42.5 Å². The summed E-state index contributed by atoms with van der Waals surface area (Å²) in [4.78, 5) is 16.2. The number of carbonyl (C=O) groups excluding carboxylic acids is 1. The van der Waals surface area contributed by atoms with Crippen molar-refractivity contribution >= 4 is 17.3 Å². The zero-order chi connectivity index (χ0) is 21.2. The molecule has 2 aromatic rings. The van der Waals surface area contributed by atoms with Crippen molar-refractivity contribution in [3.63, 3.8) is 0 Å². The summed E-state index contributed by atoms with van der Waals surface area (Å²) in [6, 6.07) is 14.8. The van der Waals surface area contributed by atoms with Gasteiger partial charge in [-0.1, -0.05) is 12.1 Å². The predicted molar refractivity (Wildman–Crippen MR) is 122 cm³/mol. The normalized spacial score (nSPS) is 20.2. The van der Waals surface area contributed by atoms with E-state index in [-0.39, 0.29) is 12.5 Å². The molecule has 164 valence electrons. The van der Waals surface area contributed by atoms with Crippen molar-refractivity contribution in [2.75, 3.05) is 49.5 Å². The fourth-order valence-corrected chi connectivity index (χ4v) is 4.56. The van der Waals surface area contributed by atoms with Crippen LogP contribution in [0.1, 0.15) is 36.3 Å². The smallest absolute Gasteiger partial charge is 0.224 e. The molecule has 31 heavy (non-hydrogen) atoms. The van der Waals surface area contributed by atoms with Crippen LogP contribution in [0.25, 0.3) is 0 Å². The summed E-state index contributed by atoms with van der Waals surface area (Å²) in [6.45, 7) is 4.74. The first kappa shape index (κ1) is 20.3. The van der Waals surface area contributed by atoms with Gasteiger partial charge in [-0.3, -0.25) is 9.69 Å².